The Morgan fingerprint density at radius 2 is 1.76 bits per heavy atom. The van der Waals surface area contributed by atoms with Crippen molar-refractivity contribution in [1.82, 2.24) is 0 Å². The van der Waals surface area contributed by atoms with Crippen LogP contribution in [0.15, 0.2) is 30.3 Å². The van der Waals surface area contributed by atoms with E-state index in [4.69, 9.17) is 5.73 Å². The van der Waals surface area contributed by atoms with E-state index in [1.54, 1.807) is 0 Å². The van der Waals surface area contributed by atoms with E-state index in [9.17, 15) is 0 Å². The van der Waals surface area contributed by atoms with E-state index in [0.717, 1.165) is 6.42 Å². The highest BCUT2D eigenvalue weighted by Crippen LogP contribution is 2.40. The van der Waals surface area contributed by atoms with Crippen molar-refractivity contribution in [3.63, 3.8) is 0 Å². The molecule has 0 heterocycles. The standard InChI is InChI=1S/C16H25N/c1-2-13-16(17,14-9-5-3-6-10-14)15-11-7-4-8-12-15/h3,5-6,9-10,15H,2,4,7-8,11-13,17H2,1H3. The molecule has 17 heavy (non-hydrogen) atoms. The van der Waals surface area contributed by atoms with Gasteiger partial charge in [0.15, 0.2) is 0 Å². The Hall–Kier alpha value is -0.820. The zero-order valence-electron chi connectivity index (χ0n) is 11.0. The molecule has 1 fully saturated rings. The van der Waals surface area contributed by atoms with Crippen LogP contribution in [-0.4, -0.2) is 0 Å². The summed E-state index contributed by atoms with van der Waals surface area (Å²) in [6.07, 6.45) is 9.02. The highest BCUT2D eigenvalue weighted by Gasteiger charge is 2.36. The lowest BCUT2D eigenvalue weighted by molar-refractivity contribution is 0.192. The van der Waals surface area contributed by atoms with E-state index in [1.807, 2.05) is 0 Å². The zero-order valence-corrected chi connectivity index (χ0v) is 11.0. The van der Waals surface area contributed by atoms with Crippen LogP contribution in [0.4, 0.5) is 0 Å². The molecule has 1 aliphatic rings. The molecule has 1 atom stereocenters. The van der Waals surface area contributed by atoms with Gasteiger partial charge in [0.2, 0.25) is 0 Å². The van der Waals surface area contributed by atoms with Gasteiger partial charge in [-0.15, -0.1) is 0 Å². The second kappa shape index (κ2) is 5.68. The van der Waals surface area contributed by atoms with E-state index in [1.165, 1.54) is 44.1 Å². The van der Waals surface area contributed by atoms with Gasteiger partial charge in [-0.2, -0.15) is 0 Å². The van der Waals surface area contributed by atoms with Crippen LogP contribution >= 0.6 is 0 Å². The van der Waals surface area contributed by atoms with Crippen molar-refractivity contribution in [1.29, 1.82) is 0 Å². The molecule has 1 aliphatic carbocycles. The van der Waals surface area contributed by atoms with Crippen LogP contribution in [0.25, 0.3) is 0 Å². The molecule has 0 spiro atoms. The Morgan fingerprint density at radius 3 is 2.35 bits per heavy atom. The van der Waals surface area contributed by atoms with Gasteiger partial charge in [0, 0.05) is 5.54 Å². The minimum Gasteiger partial charge on any atom is -0.321 e. The molecule has 2 N–H and O–H groups in total. The maximum atomic E-state index is 6.80. The highest BCUT2D eigenvalue weighted by atomic mass is 14.8. The molecule has 0 bridgehead atoms. The van der Waals surface area contributed by atoms with Crippen LogP contribution < -0.4 is 5.73 Å². The fourth-order valence-electron chi connectivity index (χ4n) is 3.36. The second-order valence-electron chi connectivity index (χ2n) is 5.49. The van der Waals surface area contributed by atoms with Crippen LogP contribution in [0.1, 0.15) is 57.4 Å². The van der Waals surface area contributed by atoms with Gasteiger partial charge in [-0.3, -0.25) is 0 Å². The molecule has 0 aromatic heterocycles. The Labute approximate surface area is 105 Å². The molecule has 1 nitrogen and oxygen atoms in total. The first-order valence-electron chi connectivity index (χ1n) is 7.12. The van der Waals surface area contributed by atoms with E-state index >= 15 is 0 Å². The molecular weight excluding hydrogens is 206 g/mol. The first-order chi connectivity index (χ1) is 8.27. The molecule has 1 saturated carbocycles. The average molecular weight is 231 g/mol. The lowest BCUT2D eigenvalue weighted by atomic mass is 9.69. The van der Waals surface area contributed by atoms with Crippen LogP contribution in [0.3, 0.4) is 0 Å². The summed E-state index contributed by atoms with van der Waals surface area (Å²) in [5, 5.41) is 0. The van der Waals surface area contributed by atoms with Gasteiger partial charge in [-0.25, -0.2) is 0 Å². The van der Waals surface area contributed by atoms with E-state index in [2.05, 4.69) is 37.3 Å². The van der Waals surface area contributed by atoms with Gasteiger partial charge < -0.3 is 5.73 Å². The summed E-state index contributed by atoms with van der Waals surface area (Å²) < 4.78 is 0. The molecule has 2 rings (SSSR count). The summed E-state index contributed by atoms with van der Waals surface area (Å²) in [4.78, 5) is 0. The van der Waals surface area contributed by atoms with E-state index in [-0.39, 0.29) is 5.54 Å². The van der Waals surface area contributed by atoms with Crippen LogP contribution in [-0.2, 0) is 5.54 Å². The Kier molecular flexibility index (Phi) is 4.22. The third-order valence-corrected chi connectivity index (χ3v) is 4.31. The topological polar surface area (TPSA) is 26.0 Å². The van der Waals surface area contributed by atoms with Crippen molar-refractivity contribution < 1.29 is 0 Å². The molecule has 1 heteroatoms. The minimum atomic E-state index is -0.0869. The van der Waals surface area contributed by atoms with Crippen molar-refractivity contribution in [2.75, 3.05) is 0 Å². The Bertz CT molecular complexity index is 327. The molecule has 94 valence electrons. The zero-order chi connectivity index (χ0) is 12.1. The Morgan fingerprint density at radius 1 is 1.12 bits per heavy atom. The molecule has 0 radical (unpaired) electrons. The molecule has 0 aliphatic heterocycles. The molecule has 1 unspecified atom stereocenters. The van der Waals surface area contributed by atoms with Crippen LogP contribution in [0.5, 0.6) is 0 Å². The number of nitrogens with two attached hydrogens (primary N) is 1. The van der Waals surface area contributed by atoms with Crippen LogP contribution in [0.2, 0.25) is 0 Å². The van der Waals surface area contributed by atoms with E-state index in [0.29, 0.717) is 5.92 Å². The van der Waals surface area contributed by atoms with Gasteiger partial charge in [0.25, 0.3) is 0 Å². The van der Waals surface area contributed by atoms with Gasteiger partial charge in [0.05, 0.1) is 0 Å². The van der Waals surface area contributed by atoms with Crippen molar-refractivity contribution in [3.05, 3.63) is 35.9 Å². The van der Waals surface area contributed by atoms with Gasteiger partial charge in [0.1, 0.15) is 0 Å². The smallest absolute Gasteiger partial charge is 0.0438 e. The van der Waals surface area contributed by atoms with Crippen LogP contribution in [0, 0.1) is 5.92 Å². The largest absolute Gasteiger partial charge is 0.321 e. The third kappa shape index (κ3) is 2.71. The second-order valence-corrected chi connectivity index (χ2v) is 5.49. The summed E-state index contributed by atoms with van der Waals surface area (Å²) in [7, 11) is 0. The Balaban J connectivity index is 2.24. The predicted octanol–water partition coefficient (Wildman–Crippen LogP) is 4.22. The lowest BCUT2D eigenvalue weighted by Gasteiger charge is -2.40. The first-order valence-corrected chi connectivity index (χ1v) is 7.12. The van der Waals surface area contributed by atoms with Crippen molar-refractivity contribution in [3.8, 4) is 0 Å². The lowest BCUT2D eigenvalue weighted by Crippen LogP contribution is -2.45. The van der Waals surface area contributed by atoms with Gasteiger partial charge in [-0.05, 0) is 30.7 Å². The van der Waals surface area contributed by atoms with Crippen molar-refractivity contribution >= 4 is 0 Å². The van der Waals surface area contributed by atoms with E-state index < -0.39 is 0 Å². The summed E-state index contributed by atoms with van der Waals surface area (Å²) in [6.45, 7) is 2.24. The average Bonchev–Trinajstić information content (AvgIpc) is 2.41. The normalized spacial score (nSPS) is 21.1. The summed E-state index contributed by atoms with van der Waals surface area (Å²) in [5.41, 5.74) is 8.06. The summed E-state index contributed by atoms with van der Waals surface area (Å²) in [6, 6.07) is 10.7. The van der Waals surface area contributed by atoms with Gasteiger partial charge in [-0.1, -0.05) is 62.9 Å². The van der Waals surface area contributed by atoms with Gasteiger partial charge >= 0.3 is 0 Å². The summed E-state index contributed by atoms with van der Waals surface area (Å²) >= 11 is 0. The SMILES string of the molecule is CCCC(N)(c1ccccc1)C1CCCCC1. The molecule has 1 aromatic carbocycles. The number of hydrogen-bond donors (Lipinski definition) is 1. The maximum absolute atomic E-state index is 6.80. The molecule has 0 amide bonds. The van der Waals surface area contributed by atoms with Crippen molar-refractivity contribution in [2.45, 2.75) is 57.4 Å². The fourth-order valence-corrected chi connectivity index (χ4v) is 3.36. The fraction of sp³-hybridized carbons (Fsp3) is 0.625. The number of rotatable bonds is 4. The molecular formula is C16H25N. The maximum Gasteiger partial charge on any atom is 0.0438 e. The monoisotopic (exact) mass is 231 g/mol. The number of benzene rings is 1. The van der Waals surface area contributed by atoms with Crippen molar-refractivity contribution in [2.24, 2.45) is 11.7 Å². The molecule has 1 aromatic rings. The highest BCUT2D eigenvalue weighted by molar-refractivity contribution is 5.25. The number of hydrogen-bond acceptors (Lipinski definition) is 1. The summed E-state index contributed by atoms with van der Waals surface area (Å²) in [5.74, 6) is 0.679. The minimum absolute atomic E-state index is 0.0869. The molecule has 0 saturated heterocycles. The quantitative estimate of drug-likeness (QED) is 0.825. The first kappa shape index (κ1) is 12.6. The predicted molar refractivity (Wildman–Crippen MR) is 73.8 cm³/mol. The third-order valence-electron chi connectivity index (χ3n) is 4.31.